The number of sulfonamides is 1. The molecule has 0 radical (unpaired) electrons. The minimum atomic E-state index is -3.58. The molecule has 2 rings (SSSR count). The van der Waals surface area contributed by atoms with Crippen molar-refractivity contribution in [3.8, 4) is 0 Å². The Bertz CT molecular complexity index is 1110. The topological polar surface area (TPSA) is 86.8 Å². The molecule has 2 aromatic rings. The average Bonchev–Trinajstić information content (AvgIpc) is 2.78. The minimum Gasteiger partial charge on any atom is -0.354 e. The third kappa shape index (κ3) is 9.35. The second kappa shape index (κ2) is 13.1. The molecule has 0 unspecified atom stereocenters. The first-order chi connectivity index (χ1) is 16.4. The van der Waals surface area contributed by atoms with E-state index in [0.29, 0.717) is 22.3 Å². The number of benzene rings is 2. The highest BCUT2D eigenvalue weighted by Gasteiger charge is 2.26. The fourth-order valence-corrected chi connectivity index (χ4v) is 4.72. The van der Waals surface area contributed by atoms with Crippen LogP contribution in [0, 0.1) is 5.92 Å². The second-order valence-electron chi connectivity index (χ2n) is 8.88. The monoisotopic (exact) mass is 541 g/mol. The Labute approximate surface area is 218 Å². The lowest BCUT2D eigenvalue weighted by Gasteiger charge is -2.29. The molecular weight excluding hydrogens is 509 g/mol. The molecule has 2 amide bonds. The number of carbonyl (C=O) groups excluding carboxylic acids is 2. The molecule has 0 aliphatic carbocycles. The molecule has 35 heavy (non-hydrogen) atoms. The van der Waals surface area contributed by atoms with Gasteiger partial charge in [-0.05, 0) is 55.2 Å². The highest BCUT2D eigenvalue weighted by atomic mass is 35.5. The van der Waals surface area contributed by atoms with Gasteiger partial charge >= 0.3 is 0 Å². The maximum absolute atomic E-state index is 13.3. The lowest BCUT2D eigenvalue weighted by molar-refractivity contribution is -0.140. The first kappa shape index (κ1) is 28.9. The molecule has 192 valence electrons. The van der Waals surface area contributed by atoms with Gasteiger partial charge in [0.15, 0.2) is 0 Å². The number of hydrogen-bond donors (Lipinski definition) is 1. The summed E-state index contributed by atoms with van der Waals surface area (Å²) in [5.74, 6) is -0.204. The smallest absolute Gasteiger partial charge is 0.242 e. The molecule has 0 aromatic heterocycles. The molecule has 0 spiro atoms. The summed E-state index contributed by atoms with van der Waals surface area (Å²) in [7, 11) is -3.58. The summed E-state index contributed by atoms with van der Waals surface area (Å²) in [6.07, 6.45) is 1.46. The van der Waals surface area contributed by atoms with Crippen molar-refractivity contribution in [1.82, 2.24) is 10.2 Å². The molecule has 7 nitrogen and oxygen atoms in total. The van der Waals surface area contributed by atoms with Crippen molar-refractivity contribution in [2.45, 2.75) is 46.2 Å². The highest BCUT2D eigenvalue weighted by Crippen LogP contribution is 2.23. The van der Waals surface area contributed by atoms with Gasteiger partial charge in [0, 0.05) is 36.1 Å². The summed E-state index contributed by atoms with van der Waals surface area (Å²) in [5, 5.41) is 3.88. The summed E-state index contributed by atoms with van der Waals surface area (Å²) in [6.45, 7) is 6.53. The van der Waals surface area contributed by atoms with Crippen LogP contribution < -0.4 is 9.62 Å². The van der Waals surface area contributed by atoms with Crippen LogP contribution in [0.25, 0.3) is 0 Å². The van der Waals surface area contributed by atoms with Crippen molar-refractivity contribution >= 4 is 50.7 Å². The molecule has 0 bridgehead atoms. The van der Waals surface area contributed by atoms with Crippen LogP contribution in [0.5, 0.6) is 0 Å². The predicted molar refractivity (Wildman–Crippen MR) is 142 cm³/mol. The van der Waals surface area contributed by atoms with Crippen LogP contribution in [0.4, 0.5) is 5.69 Å². The van der Waals surface area contributed by atoms with E-state index in [9.17, 15) is 18.0 Å². The summed E-state index contributed by atoms with van der Waals surface area (Å²) < 4.78 is 26.0. The Hall–Kier alpha value is -2.29. The Kier molecular flexibility index (Phi) is 10.9. The molecule has 1 N–H and O–H groups in total. The fourth-order valence-electron chi connectivity index (χ4n) is 3.46. The molecule has 2 aromatic carbocycles. The van der Waals surface area contributed by atoms with Gasteiger partial charge in [-0.3, -0.25) is 13.9 Å². The van der Waals surface area contributed by atoms with Crippen LogP contribution in [0.3, 0.4) is 0 Å². The lowest BCUT2D eigenvalue weighted by atomic mass is 10.1. The maximum atomic E-state index is 13.3. The number of anilines is 1. The SMILES string of the molecule is CC(C)CNC(=O)[C@@H](C)N(Cc1ccc(Cl)cc1)C(=O)CCCN(c1cccc(Cl)c1)S(C)(=O)=O. The lowest BCUT2D eigenvalue weighted by Crippen LogP contribution is -2.48. The summed E-state index contributed by atoms with van der Waals surface area (Å²) in [6, 6.07) is 13.0. The summed E-state index contributed by atoms with van der Waals surface area (Å²) >= 11 is 12.0. The van der Waals surface area contributed by atoms with Crippen LogP contribution in [0.2, 0.25) is 10.0 Å². The van der Waals surface area contributed by atoms with E-state index >= 15 is 0 Å². The molecule has 0 heterocycles. The molecule has 0 fully saturated rings. The van der Waals surface area contributed by atoms with Crippen LogP contribution in [0.15, 0.2) is 48.5 Å². The Morgan fingerprint density at radius 3 is 2.23 bits per heavy atom. The van der Waals surface area contributed by atoms with Crippen molar-refractivity contribution < 1.29 is 18.0 Å². The van der Waals surface area contributed by atoms with Gasteiger partial charge in [-0.25, -0.2) is 8.42 Å². The van der Waals surface area contributed by atoms with Crippen LogP contribution >= 0.6 is 23.2 Å². The minimum absolute atomic E-state index is 0.0714. The number of carbonyl (C=O) groups is 2. The fraction of sp³-hybridized carbons (Fsp3) is 0.440. The quantitative estimate of drug-likeness (QED) is 0.420. The van der Waals surface area contributed by atoms with Crippen molar-refractivity contribution in [3.05, 3.63) is 64.1 Å². The normalized spacial score (nSPS) is 12.3. The van der Waals surface area contributed by atoms with Crippen molar-refractivity contribution in [1.29, 1.82) is 0 Å². The number of hydrogen-bond acceptors (Lipinski definition) is 4. The Balaban J connectivity index is 2.15. The van der Waals surface area contributed by atoms with Crippen molar-refractivity contribution in [2.75, 3.05) is 23.7 Å². The van der Waals surface area contributed by atoms with E-state index in [1.807, 2.05) is 26.0 Å². The number of nitrogens with one attached hydrogen (secondary N) is 1. The zero-order valence-corrected chi connectivity index (χ0v) is 22.8. The number of rotatable bonds is 12. The zero-order chi connectivity index (χ0) is 26.2. The third-order valence-electron chi connectivity index (χ3n) is 5.37. The van der Waals surface area contributed by atoms with Gasteiger partial charge in [0.2, 0.25) is 21.8 Å². The Morgan fingerprint density at radius 1 is 1.00 bits per heavy atom. The first-order valence-electron chi connectivity index (χ1n) is 11.4. The number of nitrogens with zero attached hydrogens (tertiary/aromatic N) is 2. The molecule has 0 aliphatic rings. The van der Waals surface area contributed by atoms with E-state index in [1.165, 1.54) is 9.21 Å². The van der Waals surface area contributed by atoms with E-state index in [0.717, 1.165) is 11.8 Å². The van der Waals surface area contributed by atoms with E-state index in [4.69, 9.17) is 23.2 Å². The molecule has 0 saturated carbocycles. The van der Waals surface area contributed by atoms with Gasteiger partial charge < -0.3 is 10.2 Å². The average molecular weight is 543 g/mol. The van der Waals surface area contributed by atoms with E-state index in [2.05, 4.69) is 5.32 Å². The first-order valence-corrected chi connectivity index (χ1v) is 14.0. The third-order valence-corrected chi connectivity index (χ3v) is 7.05. The standard InChI is InChI=1S/C25H33Cl2N3O4S/c1-18(2)16-28-25(32)19(3)29(17-20-10-12-21(26)13-11-20)24(31)9-6-14-30(35(4,33)34)23-8-5-7-22(27)15-23/h5,7-8,10-13,15,18-19H,6,9,14,16-17H2,1-4H3,(H,28,32)/t19-/m1/s1. The summed E-state index contributed by atoms with van der Waals surface area (Å²) in [5.41, 5.74) is 1.27. The second-order valence-corrected chi connectivity index (χ2v) is 11.7. The molecule has 0 saturated heterocycles. The van der Waals surface area contributed by atoms with Crippen LogP contribution in [-0.2, 0) is 26.2 Å². The Morgan fingerprint density at radius 2 is 1.66 bits per heavy atom. The van der Waals surface area contributed by atoms with Crippen LogP contribution in [-0.4, -0.2) is 50.5 Å². The van der Waals surface area contributed by atoms with Gasteiger partial charge in [-0.1, -0.05) is 55.2 Å². The van der Waals surface area contributed by atoms with Crippen molar-refractivity contribution in [2.24, 2.45) is 5.92 Å². The molecule has 1 atom stereocenters. The maximum Gasteiger partial charge on any atom is 0.242 e. The highest BCUT2D eigenvalue weighted by molar-refractivity contribution is 7.92. The van der Waals surface area contributed by atoms with Crippen molar-refractivity contribution in [3.63, 3.8) is 0 Å². The van der Waals surface area contributed by atoms with Gasteiger partial charge in [-0.2, -0.15) is 0 Å². The number of amides is 2. The zero-order valence-electron chi connectivity index (χ0n) is 20.5. The van der Waals surface area contributed by atoms with E-state index in [-0.39, 0.29) is 43.7 Å². The van der Waals surface area contributed by atoms with Gasteiger partial charge in [0.1, 0.15) is 6.04 Å². The van der Waals surface area contributed by atoms with E-state index in [1.54, 1.807) is 43.3 Å². The molecular formula is C25H33Cl2N3O4S. The van der Waals surface area contributed by atoms with Gasteiger partial charge in [0.25, 0.3) is 0 Å². The largest absolute Gasteiger partial charge is 0.354 e. The van der Waals surface area contributed by atoms with Gasteiger partial charge in [-0.15, -0.1) is 0 Å². The number of halogens is 2. The predicted octanol–water partition coefficient (Wildman–Crippen LogP) is 4.73. The molecule has 0 aliphatic heterocycles. The van der Waals surface area contributed by atoms with Crippen LogP contribution in [0.1, 0.15) is 39.2 Å². The molecule has 10 heteroatoms. The van der Waals surface area contributed by atoms with Gasteiger partial charge in [0.05, 0.1) is 11.9 Å². The summed E-state index contributed by atoms with van der Waals surface area (Å²) in [4.78, 5) is 27.5. The van der Waals surface area contributed by atoms with E-state index < -0.39 is 16.1 Å².